The highest BCUT2D eigenvalue weighted by molar-refractivity contribution is 7.89. The summed E-state index contributed by atoms with van der Waals surface area (Å²) < 4.78 is 37.8. The van der Waals surface area contributed by atoms with Crippen LogP contribution in [-0.4, -0.2) is 34.6 Å². The molecule has 0 aliphatic rings. The van der Waals surface area contributed by atoms with Crippen LogP contribution < -0.4 is 19.5 Å². The maximum absolute atomic E-state index is 12.7. The van der Waals surface area contributed by atoms with E-state index in [1.165, 1.54) is 33.3 Å². The first-order valence-electron chi connectivity index (χ1n) is 7.99. The van der Waals surface area contributed by atoms with E-state index in [-0.39, 0.29) is 10.6 Å². The van der Waals surface area contributed by atoms with Crippen molar-refractivity contribution in [2.75, 3.05) is 19.5 Å². The molecule has 2 N–H and O–H groups in total. The summed E-state index contributed by atoms with van der Waals surface area (Å²) in [5, 5.41) is 2.94. The molecule has 0 aromatic heterocycles. The minimum Gasteiger partial charge on any atom is -0.495 e. The summed E-state index contributed by atoms with van der Waals surface area (Å²) in [7, 11) is -1.10. The Morgan fingerprint density at radius 3 is 2.30 bits per heavy atom. The van der Waals surface area contributed by atoms with Gasteiger partial charge >= 0.3 is 0 Å². The first kappa shape index (κ1) is 21.0. The van der Waals surface area contributed by atoms with E-state index >= 15 is 0 Å². The van der Waals surface area contributed by atoms with E-state index in [9.17, 15) is 13.2 Å². The van der Waals surface area contributed by atoms with Crippen molar-refractivity contribution < 1.29 is 22.7 Å². The van der Waals surface area contributed by atoms with Crippen LogP contribution in [0, 0.1) is 6.92 Å². The predicted molar refractivity (Wildman–Crippen MR) is 104 cm³/mol. The molecule has 1 atom stereocenters. The third-order valence-electron chi connectivity index (χ3n) is 3.75. The van der Waals surface area contributed by atoms with Gasteiger partial charge in [0.25, 0.3) is 0 Å². The van der Waals surface area contributed by atoms with Crippen LogP contribution >= 0.6 is 11.6 Å². The summed E-state index contributed by atoms with van der Waals surface area (Å²) in [5.41, 5.74) is 1.17. The molecule has 1 unspecified atom stereocenters. The van der Waals surface area contributed by atoms with E-state index in [0.29, 0.717) is 16.5 Å². The molecule has 0 aliphatic heterocycles. The van der Waals surface area contributed by atoms with Gasteiger partial charge in [0.1, 0.15) is 16.4 Å². The number of hydrogen-bond acceptors (Lipinski definition) is 5. The summed E-state index contributed by atoms with van der Waals surface area (Å²) in [5.74, 6) is 0.129. The smallest absolute Gasteiger partial charge is 0.244 e. The Hall–Kier alpha value is -2.29. The van der Waals surface area contributed by atoms with E-state index in [4.69, 9.17) is 21.1 Å². The second-order valence-corrected chi connectivity index (χ2v) is 7.93. The molecule has 2 rings (SSSR count). The van der Waals surface area contributed by atoms with Crippen LogP contribution in [0.3, 0.4) is 0 Å². The lowest BCUT2D eigenvalue weighted by Crippen LogP contribution is -2.41. The highest BCUT2D eigenvalue weighted by atomic mass is 35.5. The number of halogens is 1. The molecule has 2 aromatic carbocycles. The van der Waals surface area contributed by atoms with Gasteiger partial charge in [0, 0.05) is 5.69 Å². The Bertz CT molecular complexity index is 947. The number of carbonyl (C=O) groups is 1. The van der Waals surface area contributed by atoms with Crippen molar-refractivity contribution in [3.63, 3.8) is 0 Å². The Morgan fingerprint density at radius 2 is 1.70 bits per heavy atom. The monoisotopic (exact) mass is 412 g/mol. The van der Waals surface area contributed by atoms with Crippen LogP contribution in [0.25, 0.3) is 0 Å². The summed E-state index contributed by atoms with van der Waals surface area (Å²) in [6.07, 6.45) is 0. The molecule has 0 saturated heterocycles. The van der Waals surface area contributed by atoms with Crippen molar-refractivity contribution in [1.29, 1.82) is 0 Å². The summed E-state index contributed by atoms with van der Waals surface area (Å²) in [6.45, 7) is 3.21. The topological polar surface area (TPSA) is 93.7 Å². The summed E-state index contributed by atoms with van der Waals surface area (Å²) in [4.78, 5) is 12.3. The molecule has 0 bridgehead atoms. The van der Waals surface area contributed by atoms with Crippen LogP contribution in [0.5, 0.6) is 11.5 Å². The molecule has 0 heterocycles. The molecular weight excluding hydrogens is 392 g/mol. The second-order valence-electron chi connectivity index (χ2n) is 5.84. The third-order valence-corrected chi connectivity index (χ3v) is 5.61. The number of nitrogens with one attached hydrogen (secondary N) is 2. The molecule has 0 aliphatic carbocycles. The minimum absolute atomic E-state index is 0.0304. The largest absolute Gasteiger partial charge is 0.495 e. The van der Waals surface area contributed by atoms with Gasteiger partial charge in [-0.05, 0) is 49.7 Å². The van der Waals surface area contributed by atoms with E-state index in [0.717, 1.165) is 5.56 Å². The van der Waals surface area contributed by atoms with E-state index in [1.54, 1.807) is 31.2 Å². The fraction of sp³-hybridized carbons (Fsp3) is 0.278. The Balaban J connectivity index is 2.16. The number of methoxy groups -OCH3 is 2. The van der Waals surface area contributed by atoms with Gasteiger partial charge in [-0.3, -0.25) is 4.79 Å². The van der Waals surface area contributed by atoms with Crippen LogP contribution in [0.4, 0.5) is 5.69 Å². The zero-order valence-corrected chi connectivity index (χ0v) is 16.9. The molecule has 0 fully saturated rings. The quantitative estimate of drug-likeness (QED) is 0.729. The van der Waals surface area contributed by atoms with Crippen LogP contribution in [0.2, 0.25) is 5.02 Å². The highest BCUT2D eigenvalue weighted by Gasteiger charge is 2.25. The van der Waals surface area contributed by atoms with Gasteiger partial charge in [-0.15, -0.1) is 0 Å². The lowest BCUT2D eigenvalue weighted by molar-refractivity contribution is -0.117. The van der Waals surface area contributed by atoms with Crippen LogP contribution in [0.15, 0.2) is 41.3 Å². The second kappa shape index (κ2) is 8.60. The molecule has 0 radical (unpaired) electrons. The molecule has 7 nitrogen and oxygen atoms in total. The SMILES string of the molecule is COc1ccc(NC(=O)C(C)NS(=O)(=O)c2cc(C)ccc2OC)cc1Cl. The zero-order chi connectivity index (χ0) is 20.2. The van der Waals surface area contributed by atoms with Crippen molar-refractivity contribution in [3.8, 4) is 11.5 Å². The number of ether oxygens (including phenoxy) is 2. The number of sulfonamides is 1. The van der Waals surface area contributed by atoms with E-state index < -0.39 is 22.0 Å². The maximum Gasteiger partial charge on any atom is 0.244 e. The Morgan fingerprint density at radius 1 is 1.07 bits per heavy atom. The van der Waals surface area contributed by atoms with Crippen molar-refractivity contribution in [3.05, 3.63) is 47.0 Å². The number of rotatable bonds is 7. The normalized spacial score (nSPS) is 12.3. The fourth-order valence-corrected chi connectivity index (χ4v) is 4.05. The lowest BCUT2D eigenvalue weighted by Gasteiger charge is -2.16. The van der Waals surface area contributed by atoms with Gasteiger partial charge in [-0.1, -0.05) is 17.7 Å². The molecular formula is C18H21ClN2O5S. The third kappa shape index (κ3) is 5.12. The standard InChI is InChI=1S/C18H21ClN2O5S/c1-11-5-7-16(26-4)17(9-11)27(23,24)21-12(2)18(22)20-13-6-8-15(25-3)14(19)10-13/h5-10,12,21H,1-4H3,(H,20,22). The molecule has 2 aromatic rings. The molecule has 27 heavy (non-hydrogen) atoms. The predicted octanol–water partition coefficient (Wildman–Crippen LogP) is 2.97. The molecule has 9 heteroatoms. The number of aryl methyl sites for hydroxylation is 1. The van der Waals surface area contributed by atoms with Crippen LogP contribution in [0.1, 0.15) is 12.5 Å². The Kier molecular flexibility index (Phi) is 6.69. The number of anilines is 1. The summed E-state index contributed by atoms with van der Waals surface area (Å²) >= 11 is 6.03. The van der Waals surface area contributed by atoms with Crippen molar-refractivity contribution in [1.82, 2.24) is 4.72 Å². The maximum atomic E-state index is 12.7. The van der Waals surface area contributed by atoms with Crippen LogP contribution in [-0.2, 0) is 14.8 Å². The Labute approximate surface area is 163 Å². The van der Waals surface area contributed by atoms with Crippen molar-refractivity contribution >= 4 is 33.2 Å². The first-order chi connectivity index (χ1) is 12.7. The van der Waals surface area contributed by atoms with Gasteiger partial charge < -0.3 is 14.8 Å². The zero-order valence-electron chi connectivity index (χ0n) is 15.4. The van der Waals surface area contributed by atoms with Gasteiger partial charge in [0.15, 0.2) is 0 Å². The van der Waals surface area contributed by atoms with Gasteiger partial charge in [-0.25, -0.2) is 8.42 Å². The average Bonchev–Trinajstić information content (AvgIpc) is 2.61. The highest BCUT2D eigenvalue weighted by Crippen LogP contribution is 2.27. The van der Waals surface area contributed by atoms with Gasteiger partial charge in [0.2, 0.25) is 15.9 Å². The van der Waals surface area contributed by atoms with Crippen molar-refractivity contribution in [2.45, 2.75) is 24.8 Å². The molecule has 0 saturated carbocycles. The van der Waals surface area contributed by atoms with E-state index in [1.807, 2.05) is 0 Å². The number of amides is 1. The van der Waals surface area contributed by atoms with E-state index in [2.05, 4.69) is 10.0 Å². The van der Waals surface area contributed by atoms with Crippen molar-refractivity contribution in [2.24, 2.45) is 0 Å². The number of hydrogen-bond donors (Lipinski definition) is 2. The average molecular weight is 413 g/mol. The molecule has 0 spiro atoms. The van der Waals surface area contributed by atoms with Gasteiger partial charge in [-0.2, -0.15) is 4.72 Å². The van der Waals surface area contributed by atoms with Gasteiger partial charge in [0.05, 0.1) is 25.3 Å². The first-order valence-corrected chi connectivity index (χ1v) is 9.85. The lowest BCUT2D eigenvalue weighted by atomic mass is 10.2. The minimum atomic E-state index is -3.96. The molecule has 146 valence electrons. The number of carbonyl (C=O) groups excluding carboxylic acids is 1. The number of benzene rings is 2. The summed E-state index contributed by atoms with van der Waals surface area (Å²) in [6, 6.07) is 8.48. The molecule has 1 amide bonds. The fourth-order valence-electron chi connectivity index (χ4n) is 2.34.